The highest BCUT2D eigenvalue weighted by Crippen LogP contribution is 2.44. The van der Waals surface area contributed by atoms with E-state index >= 15 is 0 Å². The van der Waals surface area contributed by atoms with Crippen molar-refractivity contribution >= 4 is 12.0 Å². The van der Waals surface area contributed by atoms with Gasteiger partial charge in [0, 0.05) is 26.2 Å². The Balaban J connectivity index is 1.66. The largest absolute Gasteiger partial charge is 0.573 e. The van der Waals surface area contributed by atoms with Crippen LogP contribution < -0.4 is 9.47 Å². The minimum atomic E-state index is -5.00. The molecular weight excluding hydrogens is 505 g/mol. The van der Waals surface area contributed by atoms with Gasteiger partial charge >= 0.3 is 12.5 Å². The number of hydrogen-bond acceptors (Lipinski definition) is 5. The molecule has 2 N–H and O–H groups in total. The van der Waals surface area contributed by atoms with Crippen LogP contribution in [-0.4, -0.2) is 70.2 Å². The van der Waals surface area contributed by atoms with Crippen LogP contribution in [0.5, 0.6) is 11.5 Å². The fourth-order valence-corrected chi connectivity index (χ4v) is 5.20. The summed E-state index contributed by atoms with van der Waals surface area (Å²) in [5, 5.41) is 20.9. The van der Waals surface area contributed by atoms with Crippen LogP contribution in [0.4, 0.5) is 18.0 Å². The molecule has 206 valence electrons. The van der Waals surface area contributed by atoms with Gasteiger partial charge in [0.25, 0.3) is 0 Å². The molecule has 1 saturated carbocycles. The van der Waals surface area contributed by atoms with Crippen molar-refractivity contribution in [3.05, 3.63) is 59.7 Å². The van der Waals surface area contributed by atoms with E-state index < -0.39 is 35.6 Å². The van der Waals surface area contributed by atoms with Gasteiger partial charge in [0.05, 0.1) is 11.5 Å². The number of rotatable bonds is 7. The number of aliphatic hydroxyl groups is 1. The molecule has 11 heteroatoms. The number of ether oxygens (including phenoxy) is 2. The zero-order valence-corrected chi connectivity index (χ0v) is 20.8. The van der Waals surface area contributed by atoms with E-state index in [4.69, 9.17) is 4.74 Å². The van der Waals surface area contributed by atoms with Gasteiger partial charge < -0.3 is 29.5 Å². The lowest BCUT2D eigenvalue weighted by Crippen LogP contribution is -2.54. The van der Waals surface area contributed by atoms with E-state index in [2.05, 4.69) is 4.74 Å². The van der Waals surface area contributed by atoms with Gasteiger partial charge in [-0.15, -0.1) is 13.2 Å². The molecule has 2 aromatic carbocycles. The fourth-order valence-electron chi connectivity index (χ4n) is 5.20. The Morgan fingerprint density at radius 2 is 1.55 bits per heavy atom. The van der Waals surface area contributed by atoms with Crippen molar-refractivity contribution in [3.63, 3.8) is 0 Å². The first-order chi connectivity index (χ1) is 18.1. The first kappa shape index (κ1) is 27.6. The highest BCUT2D eigenvalue weighted by atomic mass is 19.4. The van der Waals surface area contributed by atoms with Crippen molar-refractivity contribution in [2.45, 2.75) is 56.6 Å². The summed E-state index contributed by atoms with van der Waals surface area (Å²) in [7, 11) is 0. The van der Waals surface area contributed by atoms with Crippen LogP contribution in [0.1, 0.15) is 49.1 Å². The second kappa shape index (κ2) is 11.5. The van der Waals surface area contributed by atoms with Gasteiger partial charge in [-0.05, 0) is 36.1 Å². The molecule has 8 nitrogen and oxygen atoms in total. The minimum absolute atomic E-state index is 0.00849. The highest BCUT2D eigenvalue weighted by Gasteiger charge is 2.46. The van der Waals surface area contributed by atoms with Crippen LogP contribution >= 0.6 is 0 Å². The van der Waals surface area contributed by atoms with E-state index in [0.29, 0.717) is 25.7 Å². The Morgan fingerprint density at radius 1 is 0.921 bits per heavy atom. The van der Waals surface area contributed by atoms with Gasteiger partial charge in [-0.3, -0.25) is 4.79 Å². The molecular formula is C27H31F3N2O6. The Bertz CT molecular complexity index is 1110. The van der Waals surface area contributed by atoms with E-state index in [-0.39, 0.29) is 44.1 Å². The number of halogens is 3. The third kappa shape index (κ3) is 6.69. The number of alkyl halides is 3. The molecule has 2 aliphatic rings. The quantitative estimate of drug-likeness (QED) is 0.529. The molecule has 0 spiro atoms. The number of nitrogens with zero attached hydrogens (tertiary/aromatic N) is 2. The van der Waals surface area contributed by atoms with E-state index in [1.165, 1.54) is 21.9 Å². The number of hydrogen-bond donors (Lipinski definition) is 2. The zero-order valence-electron chi connectivity index (χ0n) is 20.8. The third-order valence-corrected chi connectivity index (χ3v) is 7.13. The molecule has 2 fully saturated rings. The molecule has 0 bridgehead atoms. The number of carboxylic acid groups (broad SMARTS) is 1. The van der Waals surface area contributed by atoms with Crippen molar-refractivity contribution < 1.29 is 42.4 Å². The van der Waals surface area contributed by atoms with Crippen molar-refractivity contribution in [1.29, 1.82) is 0 Å². The lowest BCUT2D eigenvalue weighted by atomic mass is 9.72. The third-order valence-electron chi connectivity index (χ3n) is 7.13. The van der Waals surface area contributed by atoms with Gasteiger partial charge in [0.1, 0.15) is 6.61 Å². The van der Waals surface area contributed by atoms with E-state index in [1.807, 2.05) is 6.07 Å². The second-order valence-corrected chi connectivity index (χ2v) is 9.72. The summed E-state index contributed by atoms with van der Waals surface area (Å²) in [4.78, 5) is 27.7. The van der Waals surface area contributed by atoms with E-state index in [9.17, 15) is 33.0 Å². The molecule has 1 saturated heterocycles. The van der Waals surface area contributed by atoms with E-state index in [1.54, 1.807) is 24.3 Å². The van der Waals surface area contributed by atoms with Crippen molar-refractivity contribution in [3.8, 4) is 11.5 Å². The van der Waals surface area contributed by atoms with Crippen LogP contribution in [-0.2, 0) is 11.4 Å². The first-order valence-electron chi connectivity index (χ1n) is 12.6. The molecule has 1 aliphatic heterocycles. The summed E-state index contributed by atoms with van der Waals surface area (Å²) < 4.78 is 50.0. The molecule has 1 atom stereocenters. The van der Waals surface area contributed by atoms with Gasteiger partial charge in [0.15, 0.2) is 11.5 Å². The Morgan fingerprint density at radius 3 is 2.16 bits per heavy atom. The van der Waals surface area contributed by atoms with Gasteiger partial charge in [-0.2, -0.15) is 0 Å². The number of amides is 2. The molecule has 2 amide bonds. The number of piperazine rings is 1. The van der Waals surface area contributed by atoms with Crippen molar-refractivity contribution in [2.75, 3.05) is 26.2 Å². The highest BCUT2D eigenvalue weighted by molar-refractivity contribution is 5.86. The normalized spacial score (nSPS) is 18.5. The lowest BCUT2D eigenvalue weighted by molar-refractivity contribution is -0.275. The maximum absolute atomic E-state index is 13.8. The average Bonchev–Trinajstić information content (AvgIpc) is 2.88. The molecule has 1 unspecified atom stereocenters. The molecule has 2 aromatic rings. The van der Waals surface area contributed by atoms with Crippen LogP contribution in [0.2, 0.25) is 0 Å². The minimum Gasteiger partial charge on any atom is -0.485 e. The Labute approximate surface area is 218 Å². The van der Waals surface area contributed by atoms with Crippen LogP contribution in [0, 0.1) is 0 Å². The SMILES string of the molecule is O=C(O)N1CCN(C(=O)C(c2ccc(OCc3ccccc3)c(OC(F)(F)F)c2)C2(O)CCCCC2)CC1. The summed E-state index contributed by atoms with van der Waals surface area (Å²) in [5.74, 6) is -2.33. The number of carbonyl (C=O) groups excluding carboxylic acids is 1. The molecule has 38 heavy (non-hydrogen) atoms. The van der Waals surface area contributed by atoms with Crippen LogP contribution in [0.3, 0.4) is 0 Å². The Kier molecular flexibility index (Phi) is 8.35. The zero-order chi connectivity index (χ0) is 27.3. The number of benzene rings is 2. The summed E-state index contributed by atoms with van der Waals surface area (Å²) in [6, 6.07) is 12.9. The lowest BCUT2D eigenvalue weighted by Gasteiger charge is -2.42. The molecule has 0 aromatic heterocycles. The smallest absolute Gasteiger partial charge is 0.485 e. The molecule has 0 radical (unpaired) electrons. The van der Waals surface area contributed by atoms with Crippen molar-refractivity contribution in [2.24, 2.45) is 0 Å². The Hall–Kier alpha value is -3.47. The fraction of sp³-hybridized carbons (Fsp3) is 0.481. The maximum atomic E-state index is 13.8. The number of carbonyl (C=O) groups is 2. The standard InChI is InChI=1S/C27H31F3N2O6/c28-27(29,30)38-22-17-20(9-10-21(22)37-18-19-7-3-1-4-8-19)23(26(36)11-5-2-6-12-26)24(33)31-13-15-32(16-14-31)25(34)35/h1,3-4,7-10,17,23,36H,2,5-6,11-16,18H2,(H,34,35). The van der Waals surface area contributed by atoms with Crippen LogP contribution in [0.25, 0.3) is 0 Å². The maximum Gasteiger partial charge on any atom is 0.573 e. The summed E-state index contributed by atoms with van der Waals surface area (Å²) >= 11 is 0. The molecule has 4 rings (SSSR count). The van der Waals surface area contributed by atoms with Gasteiger partial charge in [0.2, 0.25) is 5.91 Å². The summed E-state index contributed by atoms with van der Waals surface area (Å²) in [5.41, 5.74) is -0.521. The topological polar surface area (TPSA) is 99.5 Å². The summed E-state index contributed by atoms with van der Waals surface area (Å²) in [6.45, 7) is 0.486. The van der Waals surface area contributed by atoms with E-state index in [0.717, 1.165) is 18.1 Å². The van der Waals surface area contributed by atoms with Crippen LogP contribution in [0.15, 0.2) is 48.5 Å². The predicted octanol–water partition coefficient (Wildman–Crippen LogP) is 4.77. The van der Waals surface area contributed by atoms with Crippen molar-refractivity contribution in [1.82, 2.24) is 9.80 Å². The molecule has 1 aliphatic carbocycles. The monoisotopic (exact) mass is 536 g/mol. The second-order valence-electron chi connectivity index (χ2n) is 9.72. The molecule has 1 heterocycles. The first-order valence-corrected chi connectivity index (χ1v) is 12.6. The average molecular weight is 537 g/mol. The summed E-state index contributed by atoms with van der Waals surface area (Å²) in [6.07, 6.45) is -3.21. The predicted molar refractivity (Wildman–Crippen MR) is 131 cm³/mol. The van der Waals surface area contributed by atoms with Gasteiger partial charge in [-0.1, -0.05) is 55.7 Å². The van der Waals surface area contributed by atoms with Gasteiger partial charge in [-0.25, -0.2) is 4.79 Å².